The normalized spacial score (nSPS) is 24.6. The van der Waals surface area contributed by atoms with Crippen molar-refractivity contribution in [3.8, 4) is 16.9 Å². The number of hydrogen-bond donors (Lipinski definition) is 2. The van der Waals surface area contributed by atoms with Gasteiger partial charge in [-0.25, -0.2) is 4.79 Å². The van der Waals surface area contributed by atoms with Gasteiger partial charge in [0.15, 0.2) is 5.52 Å². The Morgan fingerprint density at radius 3 is 3.06 bits per heavy atom. The third-order valence-corrected chi connectivity index (χ3v) is 6.48. The highest BCUT2D eigenvalue weighted by Gasteiger charge is 2.47. The molecule has 5 heterocycles. The van der Waals surface area contributed by atoms with Crippen molar-refractivity contribution in [2.45, 2.75) is 37.8 Å². The summed E-state index contributed by atoms with van der Waals surface area (Å²) in [7, 11) is 0. The van der Waals surface area contributed by atoms with E-state index in [9.17, 15) is 4.79 Å². The van der Waals surface area contributed by atoms with Crippen LogP contribution >= 0.6 is 0 Å². The van der Waals surface area contributed by atoms with Crippen LogP contribution in [0.2, 0.25) is 0 Å². The lowest BCUT2D eigenvalue weighted by Gasteiger charge is -2.27. The van der Waals surface area contributed by atoms with E-state index in [1.165, 1.54) is 0 Å². The second-order valence-electron chi connectivity index (χ2n) is 8.98. The fourth-order valence-corrected chi connectivity index (χ4v) is 4.54. The van der Waals surface area contributed by atoms with E-state index >= 15 is 0 Å². The molecule has 6 rings (SSSR count). The Balaban J connectivity index is 1.28. The third-order valence-electron chi connectivity index (χ3n) is 6.48. The zero-order valence-corrected chi connectivity index (χ0v) is 17.5. The molecular formula is C23H26N5O3+. The van der Waals surface area contributed by atoms with Gasteiger partial charge in [0.1, 0.15) is 24.2 Å². The molecule has 1 saturated carbocycles. The van der Waals surface area contributed by atoms with E-state index in [2.05, 4.69) is 27.9 Å². The molecule has 2 saturated heterocycles. The molecule has 0 aromatic carbocycles. The van der Waals surface area contributed by atoms with E-state index in [1.54, 1.807) is 11.0 Å². The van der Waals surface area contributed by atoms with Crippen molar-refractivity contribution in [3.05, 3.63) is 48.5 Å². The minimum Gasteiger partial charge on any atom is -0.488 e. The van der Waals surface area contributed by atoms with Gasteiger partial charge in [0.05, 0.1) is 24.9 Å². The lowest BCUT2D eigenvalue weighted by atomic mass is 10.0. The summed E-state index contributed by atoms with van der Waals surface area (Å²) in [5, 5.41) is 3.48. The highest BCUT2D eigenvalue weighted by molar-refractivity contribution is 5.87. The maximum atomic E-state index is 12.1. The van der Waals surface area contributed by atoms with Gasteiger partial charge >= 0.3 is 5.91 Å². The number of carbonyl (C=O) groups excluding carboxylic acids is 1. The molecule has 3 aromatic rings. The van der Waals surface area contributed by atoms with Crippen LogP contribution in [0, 0.1) is 12.8 Å². The summed E-state index contributed by atoms with van der Waals surface area (Å²) in [6, 6.07) is 8.62. The van der Waals surface area contributed by atoms with Crippen LogP contribution in [0.3, 0.4) is 0 Å². The number of pyridine rings is 2. The lowest BCUT2D eigenvalue weighted by molar-refractivity contribution is -0.603. The zero-order valence-electron chi connectivity index (χ0n) is 17.5. The van der Waals surface area contributed by atoms with Crippen LogP contribution < -0.4 is 20.0 Å². The summed E-state index contributed by atoms with van der Waals surface area (Å²) in [5.74, 6) is 0.988. The molecule has 0 spiro atoms. The van der Waals surface area contributed by atoms with Crippen LogP contribution in [0.25, 0.3) is 16.6 Å². The van der Waals surface area contributed by atoms with Crippen molar-refractivity contribution in [1.29, 1.82) is 0 Å². The SMILES string of the molecule is Cc1cc(-c2cc[n+]3c(ccn3NC(=O)C3CC3)c2)c(OC[C@]23CN[C@H](CO2)C3)cn1. The van der Waals surface area contributed by atoms with Gasteiger partial charge < -0.3 is 14.8 Å². The molecule has 8 heteroatoms. The van der Waals surface area contributed by atoms with Crippen molar-refractivity contribution in [2.24, 2.45) is 5.92 Å². The Morgan fingerprint density at radius 1 is 1.42 bits per heavy atom. The van der Waals surface area contributed by atoms with E-state index in [1.807, 2.05) is 36.0 Å². The number of ether oxygens (including phenoxy) is 2. The number of fused-ring (bicyclic) bond motifs is 3. The fourth-order valence-electron chi connectivity index (χ4n) is 4.54. The molecule has 3 aliphatic rings. The first kappa shape index (κ1) is 18.8. The molecule has 1 amide bonds. The average molecular weight is 420 g/mol. The third kappa shape index (κ3) is 3.45. The topological polar surface area (TPSA) is 81.5 Å². The number of aromatic nitrogens is 3. The Hall–Kier alpha value is -2.97. The number of aryl methyl sites for hydroxylation is 1. The highest BCUT2D eigenvalue weighted by atomic mass is 16.6. The molecule has 3 aromatic heterocycles. The standard InChI is InChI=1S/C23H25N5O3/c1-15-8-20(21(11-24-15)30-14-23-10-18(12-31-23)25-13-23)17-4-6-27-19(9-17)5-7-28(27)26-22(29)16-2-3-16/h4-9,11,16,18,25H,2-3,10,12-14H2,1H3/p+1/t18-,23-/m0/s1. The summed E-state index contributed by atoms with van der Waals surface area (Å²) in [6.07, 6.45) is 8.58. The number of amides is 1. The summed E-state index contributed by atoms with van der Waals surface area (Å²) < 4.78 is 14.2. The number of carbonyl (C=O) groups is 1. The van der Waals surface area contributed by atoms with Crippen LogP contribution in [0.1, 0.15) is 25.0 Å². The quantitative estimate of drug-likeness (QED) is 0.592. The van der Waals surface area contributed by atoms with E-state index in [0.717, 1.165) is 60.5 Å². The van der Waals surface area contributed by atoms with Crippen molar-refractivity contribution in [2.75, 3.05) is 25.2 Å². The Bertz CT molecular complexity index is 1160. The number of rotatable bonds is 6. The minimum atomic E-state index is -0.233. The van der Waals surface area contributed by atoms with E-state index in [0.29, 0.717) is 12.6 Å². The van der Waals surface area contributed by atoms with Crippen LogP contribution in [-0.2, 0) is 9.53 Å². The van der Waals surface area contributed by atoms with Crippen LogP contribution in [0.15, 0.2) is 42.9 Å². The molecule has 2 atom stereocenters. The van der Waals surface area contributed by atoms with Crippen molar-refractivity contribution >= 4 is 11.4 Å². The average Bonchev–Trinajstić information content (AvgIpc) is 3.29. The Labute approximate surface area is 180 Å². The van der Waals surface area contributed by atoms with Crippen LogP contribution in [0.4, 0.5) is 0 Å². The summed E-state index contributed by atoms with van der Waals surface area (Å²) in [6.45, 7) is 4.07. The Kier molecular flexibility index (Phi) is 4.26. The van der Waals surface area contributed by atoms with Crippen molar-refractivity contribution in [1.82, 2.24) is 15.1 Å². The lowest BCUT2D eigenvalue weighted by Crippen LogP contribution is -2.43. The predicted molar refractivity (Wildman–Crippen MR) is 113 cm³/mol. The minimum absolute atomic E-state index is 0.0756. The molecule has 1 aliphatic carbocycles. The molecule has 8 nitrogen and oxygen atoms in total. The summed E-state index contributed by atoms with van der Waals surface area (Å²) >= 11 is 0. The predicted octanol–water partition coefficient (Wildman–Crippen LogP) is 1.59. The first-order chi connectivity index (χ1) is 15.1. The largest absolute Gasteiger partial charge is 0.488 e. The molecule has 3 fully saturated rings. The molecular weight excluding hydrogens is 394 g/mol. The second-order valence-corrected chi connectivity index (χ2v) is 8.98. The molecule has 0 radical (unpaired) electrons. The van der Waals surface area contributed by atoms with Gasteiger partial charge in [0, 0.05) is 29.9 Å². The molecule has 0 unspecified atom stereocenters. The van der Waals surface area contributed by atoms with Crippen LogP contribution in [0.5, 0.6) is 5.75 Å². The van der Waals surface area contributed by atoms with Gasteiger partial charge in [0.2, 0.25) is 0 Å². The maximum absolute atomic E-state index is 12.1. The smallest absolute Gasteiger partial charge is 0.328 e. The molecule has 2 N–H and O–H groups in total. The van der Waals surface area contributed by atoms with E-state index in [4.69, 9.17) is 9.47 Å². The monoisotopic (exact) mass is 420 g/mol. The van der Waals surface area contributed by atoms with Gasteiger partial charge in [-0.15, -0.1) is 9.94 Å². The van der Waals surface area contributed by atoms with Crippen molar-refractivity contribution < 1.29 is 18.8 Å². The van der Waals surface area contributed by atoms with Gasteiger partial charge in [-0.1, -0.05) is 4.79 Å². The van der Waals surface area contributed by atoms with Gasteiger partial charge in [-0.05, 0) is 49.9 Å². The number of nitrogens with one attached hydrogen (secondary N) is 2. The maximum Gasteiger partial charge on any atom is 0.328 e. The zero-order chi connectivity index (χ0) is 21.0. The van der Waals surface area contributed by atoms with Crippen LogP contribution in [-0.4, -0.2) is 47.1 Å². The molecule has 160 valence electrons. The van der Waals surface area contributed by atoms with Gasteiger partial charge in [-0.2, -0.15) is 0 Å². The summed E-state index contributed by atoms with van der Waals surface area (Å²) in [4.78, 5) is 18.3. The Morgan fingerprint density at radius 2 is 2.32 bits per heavy atom. The first-order valence-electron chi connectivity index (χ1n) is 10.9. The second kappa shape index (κ2) is 7.03. The van der Waals surface area contributed by atoms with E-state index in [-0.39, 0.29) is 17.4 Å². The number of hydrogen-bond acceptors (Lipinski definition) is 5. The first-order valence-corrected chi connectivity index (χ1v) is 10.9. The van der Waals surface area contributed by atoms with Gasteiger partial charge in [-0.3, -0.25) is 4.98 Å². The molecule has 31 heavy (non-hydrogen) atoms. The molecule has 2 aliphatic heterocycles. The highest BCUT2D eigenvalue weighted by Crippen LogP contribution is 2.35. The summed E-state index contributed by atoms with van der Waals surface area (Å²) in [5.41, 5.74) is 6.68. The van der Waals surface area contributed by atoms with Crippen molar-refractivity contribution in [3.63, 3.8) is 0 Å². The van der Waals surface area contributed by atoms with E-state index < -0.39 is 0 Å². The number of morpholine rings is 1. The molecule has 2 bridgehead atoms. The fraction of sp³-hybridized carbons (Fsp3) is 0.435. The van der Waals surface area contributed by atoms with Gasteiger partial charge in [0.25, 0.3) is 0 Å². The number of nitrogens with zero attached hydrogens (tertiary/aromatic N) is 3.